The fourth-order valence-electron chi connectivity index (χ4n) is 3.25. The number of methoxy groups -OCH3 is 1. The lowest BCUT2D eigenvalue weighted by Gasteiger charge is -2.35. The number of benzene rings is 2. The van der Waals surface area contributed by atoms with Gasteiger partial charge in [0.15, 0.2) is 5.82 Å². The first-order valence-electron chi connectivity index (χ1n) is 9.43. The SMILES string of the molecule is COc1ccc(CNc2cnnc(N3CCN(c4ccccc4)CC3)n2)cc1. The fraction of sp³-hybridized carbons (Fsp3) is 0.286. The summed E-state index contributed by atoms with van der Waals surface area (Å²) in [5, 5.41) is 11.7. The fourth-order valence-corrected chi connectivity index (χ4v) is 3.25. The van der Waals surface area contributed by atoms with Crippen LogP contribution in [-0.4, -0.2) is 48.5 Å². The van der Waals surface area contributed by atoms with Gasteiger partial charge in [0, 0.05) is 38.4 Å². The van der Waals surface area contributed by atoms with Crippen LogP contribution < -0.4 is 19.9 Å². The van der Waals surface area contributed by atoms with E-state index in [4.69, 9.17) is 4.74 Å². The van der Waals surface area contributed by atoms with Crippen LogP contribution in [0.4, 0.5) is 17.5 Å². The van der Waals surface area contributed by atoms with Crippen molar-refractivity contribution in [2.75, 3.05) is 48.4 Å². The highest BCUT2D eigenvalue weighted by Crippen LogP contribution is 2.18. The van der Waals surface area contributed by atoms with Gasteiger partial charge in [0.25, 0.3) is 0 Å². The van der Waals surface area contributed by atoms with Crippen LogP contribution in [0, 0.1) is 0 Å². The molecule has 7 heteroatoms. The van der Waals surface area contributed by atoms with Crippen LogP contribution in [0.2, 0.25) is 0 Å². The molecule has 2 aromatic carbocycles. The molecule has 1 aliphatic rings. The molecule has 0 bridgehead atoms. The van der Waals surface area contributed by atoms with Crippen molar-refractivity contribution in [1.29, 1.82) is 0 Å². The Morgan fingerprint density at radius 3 is 2.36 bits per heavy atom. The molecule has 1 fully saturated rings. The van der Waals surface area contributed by atoms with Crippen molar-refractivity contribution in [3.63, 3.8) is 0 Å². The first-order valence-corrected chi connectivity index (χ1v) is 9.43. The summed E-state index contributed by atoms with van der Waals surface area (Å²) in [6.45, 7) is 4.30. The molecule has 28 heavy (non-hydrogen) atoms. The maximum Gasteiger partial charge on any atom is 0.247 e. The summed E-state index contributed by atoms with van der Waals surface area (Å²) in [5.74, 6) is 2.25. The van der Waals surface area contributed by atoms with E-state index in [0.29, 0.717) is 12.5 Å². The Kier molecular flexibility index (Phi) is 5.51. The topological polar surface area (TPSA) is 66.4 Å². The van der Waals surface area contributed by atoms with Crippen LogP contribution in [0.3, 0.4) is 0 Å². The number of hydrogen-bond acceptors (Lipinski definition) is 7. The third kappa shape index (κ3) is 4.31. The molecule has 0 spiro atoms. The second kappa shape index (κ2) is 8.56. The molecule has 1 N–H and O–H groups in total. The van der Waals surface area contributed by atoms with Crippen molar-refractivity contribution in [3.8, 4) is 5.75 Å². The van der Waals surface area contributed by atoms with E-state index in [9.17, 15) is 0 Å². The van der Waals surface area contributed by atoms with Crippen LogP contribution in [0.25, 0.3) is 0 Å². The zero-order chi connectivity index (χ0) is 19.2. The number of ether oxygens (including phenoxy) is 1. The molecule has 1 aliphatic heterocycles. The van der Waals surface area contributed by atoms with Gasteiger partial charge in [-0.15, -0.1) is 5.10 Å². The second-order valence-corrected chi connectivity index (χ2v) is 6.65. The number of rotatable bonds is 6. The number of aromatic nitrogens is 3. The molecule has 144 valence electrons. The second-order valence-electron chi connectivity index (χ2n) is 6.65. The quantitative estimate of drug-likeness (QED) is 0.709. The summed E-state index contributed by atoms with van der Waals surface area (Å²) < 4.78 is 5.19. The van der Waals surface area contributed by atoms with Gasteiger partial charge in [-0.3, -0.25) is 0 Å². The highest BCUT2D eigenvalue weighted by molar-refractivity contribution is 5.48. The minimum absolute atomic E-state index is 0.671. The lowest BCUT2D eigenvalue weighted by molar-refractivity contribution is 0.414. The Morgan fingerprint density at radius 1 is 0.929 bits per heavy atom. The molecule has 0 unspecified atom stereocenters. The van der Waals surface area contributed by atoms with E-state index < -0.39 is 0 Å². The van der Waals surface area contributed by atoms with Crippen LogP contribution in [0.5, 0.6) is 5.75 Å². The molecule has 1 saturated heterocycles. The van der Waals surface area contributed by atoms with Crippen molar-refractivity contribution in [2.24, 2.45) is 0 Å². The Labute approximate surface area is 165 Å². The smallest absolute Gasteiger partial charge is 0.247 e. The van der Waals surface area contributed by atoms with Gasteiger partial charge in [0.2, 0.25) is 5.95 Å². The normalized spacial score (nSPS) is 14.0. The van der Waals surface area contributed by atoms with Crippen molar-refractivity contribution < 1.29 is 4.74 Å². The summed E-state index contributed by atoms with van der Waals surface area (Å²) in [6.07, 6.45) is 1.66. The minimum atomic E-state index is 0.671. The number of anilines is 3. The first kappa shape index (κ1) is 18.0. The van der Waals surface area contributed by atoms with Crippen molar-refractivity contribution in [2.45, 2.75) is 6.54 Å². The summed E-state index contributed by atoms with van der Waals surface area (Å²) in [6, 6.07) is 18.5. The summed E-state index contributed by atoms with van der Waals surface area (Å²) in [4.78, 5) is 9.21. The van der Waals surface area contributed by atoms with Crippen LogP contribution >= 0.6 is 0 Å². The molecular weight excluding hydrogens is 352 g/mol. The van der Waals surface area contributed by atoms with Gasteiger partial charge in [0.05, 0.1) is 13.3 Å². The summed E-state index contributed by atoms with van der Waals surface area (Å²) in [7, 11) is 1.67. The average Bonchev–Trinajstić information content (AvgIpc) is 2.79. The minimum Gasteiger partial charge on any atom is -0.497 e. The number of piperazine rings is 1. The zero-order valence-electron chi connectivity index (χ0n) is 16.0. The highest BCUT2D eigenvalue weighted by atomic mass is 16.5. The highest BCUT2D eigenvalue weighted by Gasteiger charge is 2.19. The van der Waals surface area contributed by atoms with E-state index in [1.165, 1.54) is 5.69 Å². The molecule has 7 nitrogen and oxygen atoms in total. The molecule has 1 aromatic heterocycles. The van der Waals surface area contributed by atoms with Crippen molar-refractivity contribution in [3.05, 3.63) is 66.4 Å². The summed E-state index contributed by atoms with van der Waals surface area (Å²) in [5.41, 5.74) is 2.41. The van der Waals surface area contributed by atoms with Crippen LogP contribution in [0.1, 0.15) is 5.56 Å². The van der Waals surface area contributed by atoms with Gasteiger partial charge >= 0.3 is 0 Å². The number of nitrogens with zero attached hydrogens (tertiary/aromatic N) is 5. The lowest BCUT2D eigenvalue weighted by Crippen LogP contribution is -2.47. The Balaban J connectivity index is 1.34. The van der Waals surface area contributed by atoms with E-state index in [0.717, 1.165) is 43.3 Å². The molecule has 0 amide bonds. The van der Waals surface area contributed by atoms with Crippen LogP contribution in [0.15, 0.2) is 60.8 Å². The van der Waals surface area contributed by atoms with Gasteiger partial charge < -0.3 is 19.9 Å². The Morgan fingerprint density at radius 2 is 1.64 bits per heavy atom. The monoisotopic (exact) mass is 376 g/mol. The molecular formula is C21H24N6O. The number of nitrogens with one attached hydrogen (secondary N) is 1. The average molecular weight is 376 g/mol. The molecule has 2 heterocycles. The van der Waals surface area contributed by atoms with Crippen LogP contribution in [-0.2, 0) is 6.54 Å². The van der Waals surface area contributed by atoms with Crippen molar-refractivity contribution >= 4 is 17.5 Å². The standard InChI is InChI=1S/C21H24N6O/c1-28-19-9-7-17(8-10-19)15-22-20-16-23-25-21(24-20)27-13-11-26(12-14-27)18-5-3-2-4-6-18/h2-10,16H,11-15H2,1H3,(H,22,24,25). The van der Waals surface area contributed by atoms with Gasteiger partial charge in [0.1, 0.15) is 5.75 Å². The Bertz CT molecular complexity index is 879. The zero-order valence-corrected chi connectivity index (χ0v) is 16.0. The molecule has 0 atom stereocenters. The third-order valence-corrected chi connectivity index (χ3v) is 4.86. The lowest BCUT2D eigenvalue weighted by atomic mass is 10.2. The van der Waals surface area contributed by atoms with E-state index in [1.54, 1.807) is 13.3 Å². The molecule has 0 saturated carbocycles. The summed E-state index contributed by atoms with van der Waals surface area (Å²) >= 11 is 0. The van der Waals surface area contributed by atoms with E-state index in [-0.39, 0.29) is 0 Å². The molecule has 3 aromatic rings. The van der Waals surface area contributed by atoms with Gasteiger partial charge in [-0.25, -0.2) is 0 Å². The van der Waals surface area contributed by atoms with Crippen molar-refractivity contribution in [1.82, 2.24) is 15.2 Å². The third-order valence-electron chi connectivity index (χ3n) is 4.86. The van der Waals surface area contributed by atoms with Gasteiger partial charge in [-0.1, -0.05) is 30.3 Å². The largest absolute Gasteiger partial charge is 0.497 e. The van der Waals surface area contributed by atoms with Gasteiger partial charge in [-0.05, 0) is 29.8 Å². The number of hydrogen-bond donors (Lipinski definition) is 1. The van der Waals surface area contributed by atoms with Gasteiger partial charge in [-0.2, -0.15) is 10.1 Å². The Hall–Kier alpha value is -3.35. The van der Waals surface area contributed by atoms with E-state index in [1.807, 2.05) is 30.3 Å². The first-order chi connectivity index (χ1) is 13.8. The predicted octanol–water partition coefficient (Wildman–Crippen LogP) is 2.82. The molecule has 0 aliphatic carbocycles. The van der Waals surface area contributed by atoms with E-state index in [2.05, 4.69) is 54.6 Å². The maximum absolute atomic E-state index is 5.19. The number of para-hydroxylation sites is 1. The van der Waals surface area contributed by atoms with E-state index >= 15 is 0 Å². The predicted molar refractivity (Wildman–Crippen MR) is 111 cm³/mol. The molecule has 0 radical (unpaired) electrons. The maximum atomic E-state index is 5.19. The molecule has 4 rings (SSSR count).